The van der Waals surface area contributed by atoms with Gasteiger partial charge in [-0.1, -0.05) is 129 Å². The largest absolute Gasteiger partial charge is 0.472 e. The van der Waals surface area contributed by atoms with Crippen molar-refractivity contribution in [3.05, 3.63) is 18.7 Å². The van der Waals surface area contributed by atoms with Crippen molar-refractivity contribution in [3.8, 4) is 0 Å². The van der Waals surface area contributed by atoms with Crippen LogP contribution in [-0.2, 0) is 39.2 Å². The van der Waals surface area contributed by atoms with Gasteiger partial charge in [-0.05, 0) is 19.3 Å². The van der Waals surface area contributed by atoms with Crippen LogP contribution in [0.3, 0.4) is 0 Å². The summed E-state index contributed by atoms with van der Waals surface area (Å²) in [5.74, 6) is -0.809. The van der Waals surface area contributed by atoms with E-state index in [9.17, 15) is 19.0 Å². The Kier molecular flexibility index (Phi) is 28.4. The van der Waals surface area contributed by atoms with E-state index in [1.807, 2.05) is 39.9 Å². The molecule has 1 N–H and O–H groups in total. The molecule has 0 aromatic carbocycles. The molecule has 11 nitrogen and oxygen atoms in total. The Morgan fingerprint density at radius 1 is 0.706 bits per heavy atom. The summed E-state index contributed by atoms with van der Waals surface area (Å²) >= 11 is 0. The van der Waals surface area contributed by atoms with Gasteiger partial charge in [0, 0.05) is 31.8 Å². The third kappa shape index (κ3) is 31.5. The number of nitrogens with zero attached hydrogens (tertiary/aromatic N) is 3. The Hall–Kier alpha value is -1.78. The molecule has 0 saturated heterocycles. The van der Waals surface area contributed by atoms with Crippen LogP contribution in [0.1, 0.15) is 161 Å². The number of esters is 2. The van der Waals surface area contributed by atoms with E-state index in [4.69, 9.17) is 18.5 Å². The van der Waals surface area contributed by atoms with E-state index in [1.165, 1.54) is 96.3 Å². The minimum absolute atomic E-state index is 0.0299. The monoisotopic (exact) mass is 745 g/mol. The average molecular weight is 745 g/mol. The van der Waals surface area contributed by atoms with Gasteiger partial charge in [-0.3, -0.25) is 18.6 Å². The van der Waals surface area contributed by atoms with Crippen LogP contribution in [0.5, 0.6) is 0 Å². The molecular weight excluding hydrogens is 669 g/mol. The van der Waals surface area contributed by atoms with Gasteiger partial charge in [0.05, 0.1) is 34.1 Å². The highest BCUT2D eigenvalue weighted by Crippen LogP contribution is 2.43. The summed E-state index contributed by atoms with van der Waals surface area (Å²) < 4.78 is 36.3. The summed E-state index contributed by atoms with van der Waals surface area (Å²) in [6.07, 6.45) is 31.0. The van der Waals surface area contributed by atoms with Crippen LogP contribution in [0.4, 0.5) is 0 Å². The quantitative estimate of drug-likeness (QED) is 0.0309. The maximum atomic E-state index is 12.6. The molecule has 1 aromatic heterocycles. The maximum absolute atomic E-state index is 12.6. The lowest BCUT2D eigenvalue weighted by Crippen LogP contribution is -2.37. The second-order valence-corrected chi connectivity index (χ2v) is 16.6. The maximum Gasteiger partial charge on any atom is 0.472 e. The fourth-order valence-corrected chi connectivity index (χ4v) is 6.51. The second kappa shape index (κ2) is 30.7. The molecule has 0 aliphatic rings. The number of imidazole rings is 1. The Morgan fingerprint density at radius 2 is 1.20 bits per heavy atom. The number of quaternary nitrogens is 1. The molecule has 51 heavy (non-hydrogen) atoms. The summed E-state index contributed by atoms with van der Waals surface area (Å²) in [7, 11) is 1.47. The Labute approximate surface area is 310 Å². The van der Waals surface area contributed by atoms with Crippen LogP contribution in [0.15, 0.2) is 18.7 Å². The van der Waals surface area contributed by atoms with Crippen LogP contribution in [0.2, 0.25) is 0 Å². The number of likely N-dealkylation sites (N-methyl/N-ethyl adjacent to an activating group) is 1. The van der Waals surface area contributed by atoms with Gasteiger partial charge in [-0.25, -0.2) is 9.55 Å². The van der Waals surface area contributed by atoms with E-state index >= 15 is 0 Å². The van der Waals surface area contributed by atoms with Crippen molar-refractivity contribution in [1.82, 2.24) is 9.55 Å². The number of hydrogen-bond donors (Lipinski definition) is 1. The highest BCUT2D eigenvalue weighted by Gasteiger charge is 2.27. The molecule has 0 fully saturated rings. The number of carbonyl (C=O) groups is 2. The number of aromatic nitrogens is 2. The van der Waals surface area contributed by atoms with Crippen molar-refractivity contribution in [1.29, 1.82) is 0 Å². The molecule has 12 heteroatoms. The zero-order chi connectivity index (χ0) is 37.5. The Morgan fingerprint density at radius 3 is 1.69 bits per heavy atom. The highest BCUT2D eigenvalue weighted by atomic mass is 31.2. The lowest BCUT2D eigenvalue weighted by molar-refractivity contribution is -0.870. The summed E-state index contributed by atoms with van der Waals surface area (Å²) in [4.78, 5) is 39.3. The second-order valence-electron chi connectivity index (χ2n) is 15.1. The van der Waals surface area contributed by atoms with Crippen molar-refractivity contribution >= 4 is 19.8 Å². The first-order chi connectivity index (χ1) is 24.5. The van der Waals surface area contributed by atoms with Crippen LogP contribution < -0.4 is 0 Å². The number of carbonyl (C=O) groups excluding carboxylic acids is 2. The first-order valence-corrected chi connectivity index (χ1v) is 21.7. The molecule has 1 heterocycles. The lowest BCUT2D eigenvalue weighted by Gasteiger charge is -2.24. The lowest BCUT2D eigenvalue weighted by atomic mass is 10.0. The smallest absolute Gasteiger partial charge is 0.462 e. The van der Waals surface area contributed by atoms with E-state index in [0.717, 1.165) is 45.1 Å². The minimum atomic E-state index is -4.37. The third-order valence-electron chi connectivity index (χ3n) is 9.01. The summed E-state index contributed by atoms with van der Waals surface area (Å²) in [5.41, 5.74) is 0. The molecule has 0 spiro atoms. The van der Waals surface area contributed by atoms with E-state index in [0.29, 0.717) is 17.4 Å². The molecule has 1 rings (SSSR count). The fraction of sp³-hybridized carbons (Fsp3) is 0.872. The Balaban J connectivity index is 2.28. The number of aryl methyl sites for hydroxylation is 1. The van der Waals surface area contributed by atoms with Crippen molar-refractivity contribution in [3.63, 3.8) is 0 Å². The SMILES string of the molecule is CCCCCCCCCCCCCCCC(=O)OCC(COP(=O)(O)OCC[N+](C)(C)C)OC(=O)CCCCCCCCCCCn1ccnc1. The Bertz CT molecular complexity index is 1020. The van der Waals surface area contributed by atoms with Gasteiger partial charge in [0.1, 0.15) is 19.8 Å². The number of hydrogen-bond acceptors (Lipinski definition) is 8. The van der Waals surface area contributed by atoms with E-state index in [2.05, 4.69) is 16.5 Å². The fourth-order valence-electron chi connectivity index (χ4n) is 5.77. The van der Waals surface area contributed by atoms with E-state index < -0.39 is 26.5 Å². The molecule has 0 aliphatic carbocycles. The van der Waals surface area contributed by atoms with Crippen LogP contribution in [0, 0.1) is 0 Å². The third-order valence-corrected chi connectivity index (χ3v) is 9.99. The predicted molar refractivity (Wildman–Crippen MR) is 204 cm³/mol. The molecule has 1 aromatic rings. The van der Waals surface area contributed by atoms with Gasteiger partial charge in [0.15, 0.2) is 6.10 Å². The number of rotatable bonds is 36. The van der Waals surface area contributed by atoms with Crippen molar-refractivity contribution in [2.75, 3.05) is 47.5 Å². The highest BCUT2D eigenvalue weighted by molar-refractivity contribution is 7.47. The van der Waals surface area contributed by atoms with Crippen molar-refractivity contribution in [2.24, 2.45) is 0 Å². The molecular formula is C39H75N3O8P+. The molecule has 0 bridgehead atoms. The van der Waals surface area contributed by atoms with Gasteiger partial charge >= 0.3 is 19.8 Å². The number of ether oxygens (including phenoxy) is 2. The zero-order valence-electron chi connectivity index (χ0n) is 32.9. The molecule has 0 amide bonds. The van der Waals surface area contributed by atoms with Crippen molar-refractivity contribution in [2.45, 2.75) is 174 Å². The minimum Gasteiger partial charge on any atom is -0.462 e. The van der Waals surface area contributed by atoms with E-state index in [-0.39, 0.29) is 32.0 Å². The van der Waals surface area contributed by atoms with Gasteiger partial charge in [0.25, 0.3) is 0 Å². The average Bonchev–Trinajstić information content (AvgIpc) is 3.60. The molecule has 2 unspecified atom stereocenters. The van der Waals surface area contributed by atoms with Crippen LogP contribution >= 0.6 is 7.82 Å². The van der Waals surface area contributed by atoms with Gasteiger partial charge in [-0.2, -0.15) is 0 Å². The zero-order valence-corrected chi connectivity index (χ0v) is 33.8. The standard InChI is InChI=1S/C39H74N3O8P/c1-5-6-7-8-9-10-11-12-13-15-18-21-24-27-38(43)47-34-37(35-49-51(45,46)48-33-32-42(2,3)4)50-39(44)28-25-22-19-16-14-17-20-23-26-30-41-31-29-40-36-41/h29,31,36-37H,5-28,30,32-35H2,1-4H3/p+1. The summed E-state index contributed by atoms with van der Waals surface area (Å²) in [6, 6.07) is 0. The molecule has 298 valence electrons. The summed E-state index contributed by atoms with van der Waals surface area (Å²) in [6.45, 7) is 3.18. The number of phosphoric acid groups is 1. The normalized spacial score (nSPS) is 13.6. The van der Waals surface area contributed by atoms with Gasteiger partial charge in [-0.15, -0.1) is 0 Å². The first-order valence-electron chi connectivity index (χ1n) is 20.2. The first kappa shape index (κ1) is 47.2. The predicted octanol–water partition coefficient (Wildman–Crippen LogP) is 9.56. The van der Waals surface area contributed by atoms with Gasteiger partial charge < -0.3 is 23.4 Å². The summed E-state index contributed by atoms with van der Waals surface area (Å²) in [5, 5.41) is 0. The van der Waals surface area contributed by atoms with E-state index in [1.54, 1.807) is 0 Å². The van der Waals surface area contributed by atoms with Crippen LogP contribution in [-0.4, -0.2) is 84.5 Å². The molecule has 0 aliphatic heterocycles. The molecule has 0 radical (unpaired) electrons. The number of unbranched alkanes of at least 4 members (excludes halogenated alkanes) is 20. The van der Waals surface area contributed by atoms with Crippen LogP contribution in [0.25, 0.3) is 0 Å². The number of phosphoric ester groups is 1. The topological polar surface area (TPSA) is 126 Å². The molecule has 0 saturated carbocycles. The molecule has 2 atom stereocenters. The van der Waals surface area contributed by atoms with Crippen molar-refractivity contribution < 1.29 is 42.1 Å². The van der Waals surface area contributed by atoms with Gasteiger partial charge in [0.2, 0.25) is 0 Å².